The van der Waals surface area contributed by atoms with E-state index >= 15 is 0 Å². The average molecular weight is 276 g/mol. The van der Waals surface area contributed by atoms with Crippen LogP contribution >= 0.6 is 0 Å². The summed E-state index contributed by atoms with van der Waals surface area (Å²) < 4.78 is 15.5. The van der Waals surface area contributed by atoms with Gasteiger partial charge in [-0.15, -0.1) is 0 Å². The molecular weight excluding hydrogens is 256 g/mol. The highest BCUT2D eigenvalue weighted by Crippen LogP contribution is 2.24. The Morgan fingerprint density at radius 3 is 2.95 bits per heavy atom. The van der Waals surface area contributed by atoms with E-state index in [9.17, 15) is 4.79 Å². The lowest BCUT2D eigenvalue weighted by Crippen LogP contribution is -2.07. The van der Waals surface area contributed by atoms with Crippen LogP contribution in [0.25, 0.3) is 6.08 Å². The molecule has 0 radical (unpaired) electrons. The number of hydrogen-bond donors (Lipinski definition) is 0. The molecule has 4 heteroatoms. The molecule has 0 spiro atoms. The van der Waals surface area contributed by atoms with Gasteiger partial charge in [-0.2, -0.15) is 0 Å². The number of carbonyl (C=O) groups is 1. The van der Waals surface area contributed by atoms with E-state index in [1.54, 1.807) is 6.08 Å². The fourth-order valence-electron chi connectivity index (χ4n) is 1.90. The van der Waals surface area contributed by atoms with E-state index in [0.717, 1.165) is 17.7 Å². The zero-order chi connectivity index (χ0) is 14.4. The van der Waals surface area contributed by atoms with Gasteiger partial charge in [0.25, 0.3) is 0 Å². The topological polar surface area (TPSA) is 48.1 Å². The highest BCUT2D eigenvalue weighted by Gasteiger charge is 2.23. The molecule has 1 heterocycles. The predicted molar refractivity (Wildman–Crippen MR) is 76.2 cm³/mol. The van der Waals surface area contributed by atoms with Crippen LogP contribution in [0, 0.1) is 0 Å². The Hall–Kier alpha value is -1.65. The predicted octanol–water partition coefficient (Wildman–Crippen LogP) is 2.74. The second kappa shape index (κ2) is 7.22. The highest BCUT2D eigenvalue weighted by molar-refractivity contribution is 5.72. The van der Waals surface area contributed by atoms with Crippen molar-refractivity contribution in [1.29, 1.82) is 0 Å². The van der Waals surface area contributed by atoms with Crippen molar-refractivity contribution in [2.24, 2.45) is 0 Å². The zero-order valence-corrected chi connectivity index (χ0v) is 11.9. The SMILES string of the molecule is COC(=O)CC=Cc1ccccc1[C@@H](C)OC[C@H]1CO1. The minimum absolute atomic E-state index is 0.00169. The zero-order valence-electron chi connectivity index (χ0n) is 11.9. The minimum atomic E-state index is -0.242. The third kappa shape index (κ3) is 4.47. The third-order valence-electron chi connectivity index (χ3n) is 3.18. The number of benzene rings is 1. The van der Waals surface area contributed by atoms with Crippen LogP contribution in [-0.2, 0) is 19.0 Å². The van der Waals surface area contributed by atoms with Gasteiger partial charge in [0.15, 0.2) is 0 Å². The second-order valence-electron chi connectivity index (χ2n) is 4.74. The molecule has 0 saturated carbocycles. The molecule has 0 amide bonds. The van der Waals surface area contributed by atoms with Crippen molar-refractivity contribution in [3.05, 3.63) is 41.5 Å². The van der Waals surface area contributed by atoms with E-state index in [-0.39, 0.29) is 24.6 Å². The number of hydrogen-bond acceptors (Lipinski definition) is 4. The second-order valence-corrected chi connectivity index (χ2v) is 4.74. The Morgan fingerprint density at radius 2 is 2.25 bits per heavy atom. The Morgan fingerprint density at radius 1 is 1.50 bits per heavy atom. The molecule has 2 rings (SSSR count). The largest absolute Gasteiger partial charge is 0.469 e. The number of epoxide rings is 1. The maximum atomic E-state index is 11.1. The average Bonchev–Trinajstić information content (AvgIpc) is 3.29. The van der Waals surface area contributed by atoms with Crippen LogP contribution in [0.1, 0.15) is 30.6 Å². The van der Waals surface area contributed by atoms with Crippen molar-refractivity contribution in [2.45, 2.75) is 25.6 Å². The van der Waals surface area contributed by atoms with Crippen molar-refractivity contribution < 1.29 is 19.0 Å². The summed E-state index contributed by atoms with van der Waals surface area (Å²) in [4.78, 5) is 11.1. The van der Waals surface area contributed by atoms with Gasteiger partial charge in [0, 0.05) is 0 Å². The van der Waals surface area contributed by atoms with Gasteiger partial charge < -0.3 is 14.2 Å². The molecule has 0 aromatic heterocycles. The maximum absolute atomic E-state index is 11.1. The fourth-order valence-corrected chi connectivity index (χ4v) is 1.90. The van der Waals surface area contributed by atoms with Crippen LogP contribution in [0.5, 0.6) is 0 Å². The smallest absolute Gasteiger partial charge is 0.309 e. The molecule has 1 aromatic rings. The molecule has 1 aliphatic heterocycles. The summed E-state index contributed by atoms with van der Waals surface area (Å²) in [7, 11) is 1.39. The van der Waals surface area contributed by atoms with Gasteiger partial charge in [0.05, 0.1) is 32.8 Å². The number of ether oxygens (including phenoxy) is 3. The molecule has 1 aliphatic rings. The van der Waals surface area contributed by atoms with Crippen LogP contribution in [0.2, 0.25) is 0 Å². The molecule has 0 N–H and O–H groups in total. The molecule has 2 atom stereocenters. The van der Waals surface area contributed by atoms with Crippen LogP contribution in [0.15, 0.2) is 30.3 Å². The summed E-state index contributed by atoms with van der Waals surface area (Å²) in [6.07, 6.45) is 4.27. The Kier molecular flexibility index (Phi) is 5.32. The number of esters is 1. The first kappa shape index (κ1) is 14.8. The van der Waals surface area contributed by atoms with Gasteiger partial charge in [-0.1, -0.05) is 36.4 Å². The number of methoxy groups -OCH3 is 1. The van der Waals surface area contributed by atoms with Crippen molar-refractivity contribution >= 4 is 12.0 Å². The van der Waals surface area contributed by atoms with Gasteiger partial charge in [-0.05, 0) is 18.1 Å². The first-order valence-corrected chi connectivity index (χ1v) is 6.76. The van der Waals surface area contributed by atoms with Crippen molar-refractivity contribution in [3.63, 3.8) is 0 Å². The van der Waals surface area contributed by atoms with Crippen molar-refractivity contribution in [1.82, 2.24) is 0 Å². The molecule has 108 valence electrons. The summed E-state index contributed by atoms with van der Waals surface area (Å²) in [6.45, 7) is 3.45. The Labute approximate surface area is 119 Å². The van der Waals surface area contributed by atoms with Crippen molar-refractivity contribution in [3.8, 4) is 0 Å². The van der Waals surface area contributed by atoms with Gasteiger partial charge in [0.1, 0.15) is 6.10 Å². The molecule has 0 aliphatic carbocycles. The van der Waals surface area contributed by atoms with E-state index in [1.165, 1.54) is 7.11 Å². The summed E-state index contributed by atoms with van der Waals surface area (Å²) in [5.74, 6) is -0.242. The summed E-state index contributed by atoms with van der Waals surface area (Å²) in [5, 5.41) is 0. The van der Waals surface area contributed by atoms with E-state index in [2.05, 4.69) is 4.74 Å². The molecular formula is C16H20O4. The van der Waals surface area contributed by atoms with Gasteiger partial charge in [0.2, 0.25) is 0 Å². The molecule has 4 nitrogen and oxygen atoms in total. The number of carbonyl (C=O) groups excluding carboxylic acids is 1. The molecule has 1 aromatic carbocycles. The van der Waals surface area contributed by atoms with E-state index in [4.69, 9.17) is 9.47 Å². The van der Waals surface area contributed by atoms with E-state index in [1.807, 2.05) is 37.3 Å². The van der Waals surface area contributed by atoms with Crippen molar-refractivity contribution in [2.75, 3.05) is 20.3 Å². The summed E-state index contributed by atoms with van der Waals surface area (Å²) in [6, 6.07) is 8.01. The molecule has 0 unspecified atom stereocenters. The molecule has 0 bridgehead atoms. The standard InChI is InChI=1S/C16H20O4/c1-12(19-10-14-11-20-14)15-8-4-3-6-13(15)7-5-9-16(17)18-2/h3-8,12,14H,9-11H2,1-2H3/t12-,14+/m1/s1. The van der Waals surface area contributed by atoms with Crippen LogP contribution < -0.4 is 0 Å². The monoisotopic (exact) mass is 276 g/mol. The quantitative estimate of drug-likeness (QED) is 0.567. The molecule has 20 heavy (non-hydrogen) atoms. The van der Waals surface area contributed by atoms with E-state index in [0.29, 0.717) is 6.61 Å². The lowest BCUT2D eigenvalue weighted by molar-refractivity contribution is -0.139. The highest BCUT2D eigenvalue weighted by atomic mass is 16.6. The third-order valence-corrected chi connectivity index (χ3v) is 3.18. The lowest BCUT2D eigenvalue weighted by atomic mass is 10.0. The summed E-state index contributed by atoms with van der Waals surface area (Å²) in [5.41, 5.74) is 2.16. The summed E-state index contributed by atoms with van der Waals surface area (Å²) >= 11 is 0. The first-order chi connectivity index (χ1) is 9.70. The fraction of sp³-hybridized carbons (Fsp3) is 0.438. The lowest BCUT2D eigenvalue weighted by Gasteiger charge is -2.15. The normalized spacial score (nSPS) is 19.0. The van der Waals surface area contributed by atoms with Crippen LogP contribution in [0.4, 0.5) is 0 Å². The minimum Gasteiger partial charge on any atom is -0.469 e. The van der Waals surface area contributed by atoms with Gasteiger partial charge in [-0.25, -0.2) is 0 Å². The van der Waals surface area contributed by atoms with E-state index < -0.39 is 0 Å². The van der Waals surface area contributed by atoms with Crippen LogP contribution in [0.3, 0.4) is 0 Å². The number of rotatable bonds is 7. The first-order valence-electron chi connectivity index (χ1n) is 6.76. The Bertz CT molecular complexity index is 477. The van der Waals surface area contributed by atoms with Crippen LogP contribution in [-0.4, -0.2) is 32.4 Å². The van der Waals surface area contributed by atoms with Gasteiger partial charge >= 0.3 is 5.97 Å². The Balaban J connectivity index is 1.98. The maximum Gasteiger partial charge on any atom is 0.309 e. The molecule has 1 fully saturated rings. The molecule has 1 saturated heterocycles. The van der Waals surface area contributed by atoms with Gasteiger partial charge in [-0.3, -0.25) is 4.79 Å².